The van der Waals surface area contributed by atoms with Gasteiger partial charge in [0.25, 0.3) is 0 Å². The zero-order valence-corrected chi connectivity index (χ0v) is 19.3. The van der Waals surface area contributed by atoms with Crippen LogP contribution in [0.4, 0.5) is 5.69 Å². The third-order valence-electron chi connectivity index (χ3n) is 5.28. The summed E-state index contributed by atoms with van der Waals surface area (Å²) in [5.41, 5.74) is 2.09. The van der Waals surface area contributed by atoms with E-state index in [4.69, 9.17) is 0 Å². The molecule has 0 bridgehead atoms. The molecule has 1 N–H and O–H groups in total. The largest absolute Gasteiger partial charge is 0.325 e. The van der Waals surface area contributed by atoms with E-state index in [9.17, 15) is 4.79 Å². The number of hydrogen-bond acceptors (Lipinski definition) is 2. The molecule has 1 amide bonds. The standard InChI is InChI=1S/C21H32Br2N2O/c1-3-4-5-9-12-20(26)24-21-16(13-17(22)14-19(21)23)15-25(2)18-10-7-6-8-11-18/h13-14,18H,3-12,15H2,1-2H3,(H,24,26). The Bertz CT molecular complexity index is 586. The van der Waals surface area contributed by atoms with E-state index in [2.05, 4.69) is 62.1 Å². The Balaban J connectivity index is 2.04. The first-order valence-corrected chi connectivity index (χ1v) is 11.6. The molecule has 1 aromatic rings. The van der Waals surface area contributed by atoms with Gasteiger partial charge in [-0.25, -0.2) is 0 Å². The molecule has 0 aromatic heterocycles. The van der Waals surface area contributed by atoms with Gasteiger partial charge in [-0.3, -0.25) is 9.69 Å². The summed E-state index contributed by atoms with van der Waals surface area (Å²) >= 11 is 7.24. The molecule has 1 aliphatic carbocycles. The molecule has 0 heterocycles. The summed E-state index contributed by atoms with van der Waals surface area (Å²) in [5.74, 6) is 0.116. The van der Waals surface area contributed by atoms with Crippen molar-refractivity contribution in [1.82, 2.24) is 4.90 Å². The van der Waals surface area contributed by atoms with Crippen LogP contribution in [0.25, 0.3) is 0 Å². The number of carbonyl (C=O) groups is 1. The van der Waals surface area contributed by atoms with Crippen LogP contribution >= 0.6 is 31.9 Å². The van der Waals surface area contributed by atoms with Gasteiger partial charge in [0.05, 0.1) is 5.69 Å². The maximum absolute atomic E-state index is 12.4. The van der Waals surface area contributed by atoms with Crippen molar-refractivity contribution in [1.29, 1.82) is 0 Å². The number of carbonyl (C=O) groups excluding carboxylic acids is 1. The van der Waals surface area contributed by atoms with Crippen LogP contribution in [0.1, 0.15) is 76.7 Å². The normalized spacial score (nSPS) is 15.4. The first-order chi connectivity index (χ1) is 12.5. The third kappa shape index (κ3) is 6.97. The molecular formula is C21H32Br2N2O. The molecule has 0 radical (unpaired) electrons. The van der Waals surface area contributed by atoms with Crippen molar-refractivity contribution in [2.45, 2.75) is 83.7 Å². The highest BCUT2D eigenvalue weighted by molar-refractivity contribution is 9.11. The van der Waals surface area contributed by atoms with Gasteiger partial charge in [0.15, 0.2) is 0 Å². The second-order valence-electron chi connectivity index (χ2n) is 7.49. The van der Waals surface area contributed by atoms with Gasteiger partial charge >= 0.3 is 0 Å². The zero-order valence-electron chi connectivity index (χ0n) is 16.1. The molecule has 1 aliphatic rings. The van der Waals surface area contributed by atoms with E-state index in [-0.39, 0.29) is 5.91 Å². The van der Waals surface area contributed by atoms with E-state index in [0.717, 1.165) is 34.0 Å². The highest BCUT2D eigenvalue weighted by Crippen LogP contribution is 2.33. The summed E-state index contributed by atoms with van der Waals surface area (Å²) in [6, 6.07) is 4.80. The molecule has 0 saturated heterocycles. The van der Waals surface area contributed by atoms with E-state index in [0.29, 0.717) is 12.5 Å². The number of amides is 1. The van der Waals surface area contributed by atoms with E-state index in [1.165, 1.54) is 50.5 Å². The zero-order chi connectivity index (χ0) is 18.9. The van der Waals surface area contributed by atoms with Gasteiger partial charge in [0.1, 0.15) is 0 Å². The molecule has 5 heteroatoms. The van der Waals surface area contributed by atoms with Gasteiger partial charge in [-0.15, -0.1) is 0 Å². The van der Waals surface area contributed by atoms with E-state index in [1.807, 2.05) is 6.07 Å². The Morgan fingerprint density at radius 1 is 1.15 bits per heavy atom. The average Bonchev–Trinajstić information content (AvgIpc) is 2.62. The molecule has 26 heavy (non-hydrogen) atoms. The van der Waals surface area contributed by atoms with Crippen LogP contribution in [0.15, 0.2) is 21.1 Å². The first-order valence-electron chi connectivity index (χ1n) is 9.99. The summed E-state index contributed by atoms with van der Waals surface area (Å²) in [6.07, 6.45) is 11.7. The molecule has 1 saturated carbocycles. The lowest BCUT2D eigenvalue weighted by atomic mass is 9.94. The molecule has 0 unspecified atom stereocenters. The number of nitrogens with one attached hydrogen (secondary N) is 1. The minimum Gasteiger partial charge on any atom is -0.325 e. The van der Waals surface area contributed by atoms with Crippen LogP contribution in [-0.4, -0.2) is 23.9 Å². The molecule has 2 rings (SSSR count). The first kappa shape index (κ1) is 21.9. The molecule has 3 nitrogen and oxygen atoms in total. The van der Waals surface area contributed by atoms with Crippen LogP contribution in [-0.2, 0) is 11.3 Å². The molecule has 1 fully saturated rings. The average molecular weight is 488 g/mol. The van der Waals surface area contributed by atoms with Crippen LogP contribution in [0.3, 0.4) is 0 Å². The van der Waals surface area contributed by atoms with E-state index in [1.54, 1.807) is 0 Å². The van der Waals surface area contributed by atoms with Gasteiger partial charge < -0.3 is 5.32 Å². The van der Waals surface area contributed by atoms with Crippen molar-refractivity contribution >= 4 is 43.5 Å². The molecule has 1 aromatic carbocycles. The highest BCUT2D eigenvalue weighted by atomic mass is 79.9. The van der Waals surface area contributed by atoms with Crippen molar-refractivity contribution in [2.24, 2.45) is 0 Å². The maximum atomic E-state index is 12.4. The predicted molar refractivity (Wildman–Crippen MR) is 118 cm³/mol. The number of nitrogens with zero attached hydrogens (tertiary/aromatic N) is 1. The SMILES string of the molecule is CCCCCCC(=O)Nc1c(Br)cc(Br)cc1CN(C)C1CCCCC1. The lowest BCUT2D eigenvalue weighted by Crippen LogP contribution is -2.33. The molecule has 0 aliphatic heterocycles. The van der Waals surface area contributed by atoms with Gasteiger partial charge in [-0.1, -0.05) is 61.4 Å². The second-order valence-corrected chi connectivity index (χ2v) is 9.26. The van der Waals surface area contributed by atoms with Crippen molar-refractivity contribution in [2.75, 3.05) is 12.4 Å². The molecule has 146 valence electrons. The van der Waals surface area contributed by atoms with Crippen molar-refractivity contribution in [3.8, 4) is 0 Å². The van der Waals surface area contributed by atoms with Crippen molar-refractivity contribution in [3.63, 3.8) is 0 Å². The van der Waals surface area contributed by atoms with E-state index < -0.39 is 0 Å². The summed E-state index contributed by atoms with van der Waals surface area (Å²) in [6.45, 7) is 3.04. The topological polar surface area (TPSA) is 32.3 Å². The number of anilines is 1. The fourth-order valence-electron chi connectivity index (χ4n) is 3.73. The lowest BCUT2D eigenvalue weighted by Gasteiger charge is -2.32. The Hall–Kier alpha value is -0.390. The Labute approximate surface area is 175 Å². The van der Waals surface area contributed by atoms with Crippen LogP contribution in [0.5, 0.6) is 0 Å². The fourth-order valence-corrected chi connectivity index (χ4v) is 5.14. The number of benzene rings is 1. The summed E-state index contributed by atoms with van der Waals surface area (Å²) < 4.78 is 1.98. The summed E-state index contributed by atoms with van der Waals surface area (Å²) in [4.78, 5) is 14.8. The molecular weight excluding hydrogens is 456 g/mol. The van der Waals surface area contributed by atoms with Crippen molar-refractivity contribution < 1.29 is 4.79 Å². The smallest absolute Gasteiger partial charge is 0.224 e. The maximum Gasteiger partial charge on any atom is 0.224 e. The van der Waals surface area contributed by atoms with Gasteiger partial charge in [0, 0.05) is 28.0 Å². The summed E-state index contributed by atoms with van der Waals surface area (Å²) in [5, 5.41) is 3.16. The fraction of sp³-hybridized carbons (Fsp3) is 0.667. The number of halogens is 2. The van der Waals surface area contributed by atoms with Crippen molar-refractivity contribution in [3.05, 3.63) is 26.6 Å². The summed E-state index contributed by atoms with van der Waals surface area (Å²) in [7, 11) is 2.21. The predicted octanol–water partition coefficient (Wildman–Crippen LogP) is 6.89. The minimum absolute atomic E-state index is 0.116. The number of hydrogen-bond donors (Lipinski definition) is 1. The quantitative estimate of drug-likeness (QED) is 0.384. The highest BCUT2D eigenvalue weighted by Gasteiger charge is 2.20. The lowest BCUT2D eigenvalue weighted by molar-refractivity contribution is -0.116. The third-order valence-corrected chi connectivity index (χ3v) is 6.36. The minimum atomic E-state index is 0.116. The number of unbranched alkanes of at least 4 members (excludes halogenated alkanes) is 3. The van der Waals surface area contributed by atoms with Gasteiger partial charge in [-0.05, 0) is 59.9 Å². The Morgan fingerprint density at radius 2 is 1.88 bits per heavy atom. The van der Waals surface area contributed by atoms with Crippen LogP contribution < -0.4 is 5.32 Å². The van der Waals surface area contributed by atoms with Gasteiger partial charge in [-0.2, -0.15) is 0 Å². The Morgan fingerprint density at radius 3 is 2.58 bits per heavy atom. The second kappa shape index (κ2) is 11.5. The molecule has 0 atom stereocenters. The van der Waals surface area contributed by atoms with Crippen LogP contribution in [0, 0.1) is 0 Å². The Kier molecular flexibility index (Phi) is 9.65. The molecule has 0 spiro atoms. The van der Waals surface area contributed by atoms with Crippen LogP contribution in [0.2, 0.25) is 0 Å². The van der Waals surface area contributed by atoms with Gasteiger partial charge in [0.2, 0.25) is 5.91 Å². The van der Waals surface area contributed by atoms with E-state index >= 15 is 0 Å². The monoisotopic (exact) mass is 486 g/mol. The number of rotatable bonds is 9.